The zero-order chi connectivity index (χ0) is 27.6. The van der Waals surface area contributed by atoms with E-state index in [0.717, 1.165) is 0 Å². The van der Waals surface area contributed by atoms with Crippen molar-refractivity contribution >= 4 is 35.1 Å². The Morgan fingerprint density at radius 2 is 1.85 bits per heavy atom. The predicted octanol–water partition coefficient (Wildman–Crippen LogP) is 3.63. The summed E-state index contributed by atoms with van der Waals surface area (Å²) >= 11 is 6.56. The Labute approximate surface area is 227 Å². The number of esters is 1. The van der Waals surface area contributed by atoms with Gasteiger partial charge in [-0.15, -0.1) is 0 Å². The van der Waals surface area contributed by atoms with E-state index in [1.165, 1.54) is 33.7 Å². The molecular weight excluding hydrogens is 528 g/mol. The van der Waals surface area contributed by atoms with Crippen LogP contribution >= 0.6 is 11.6 Å². The summed E-state index contributed by atoms with van der Waals surface area (Å²) in [7, 11) is 4.15. The van der Waals surface area contributed by atoms with Gasteiger partial charge in [0.2, 0.25) is 23.1 Å². The second kappa shape index (κ2) is 8.84. The van der Waals surface area contributed by atoms with Crippen LogP contribution in [0.1, 0.15) is 45.7 Å². The van der Waals surface area contributed by atoms with Crippen LogP contribution in [-0.4, -0.2) is 59.2 Å². The van der Waals surface area contributed by atoms with Crippen molar-refractivity contribution in [3.63, 3.8) is 0 Å². The Morgan fingerprint density at radius 1 is 1.13 bits per heavy atom. The van der Waals surface area contributed by atoms with Crippen LogP contribution in [0.4, 0.5) is 5.95 Å². The van der Waals surface area contributed by atoms with Crippen LogP contribution in [0.2, 0.25) is 5.02 Å². The van der Waals surface area contributed by atoms with E-state index in [-0.39, 0.29) is 27.8 Å². The molecule has 0 fully saturated rings. The second-order valence-corrected chi connectivity index (χ2v) is 9.84. The second-order valence-electron chi connectivity index (χ2n) is 9.46. The highest BCUT2D eigenvalue weighted by Gasteiger charge is 2.63. The first-order chi connectivity index (χ1) is 18.8. The highest BCUT2D eigenvalue weighted by Crippen LogP contribution is 2.55. The van der Waals surface area contributed by atoms with E-state index in [1.807, 2.05) is 0 Å². The number of fused-ring (bicyclic) bond motifs is 2. The number of aromatic nitrogens is 3. The summed E-state index contributed by atoms with van der Waals surface area (Å²) in [5.41, 5.74) is 0.139. The molecule has 2 aliphatic heterocycles. The highest BCUT2D eigenvalue weighted by molar-refractivity contribution is 6.36. The molecule has 0 radical (unpaired) electrons. The van der Waals surface area contributed by atoms with Gasteiger partial charge in [0.05, 0.1) is 26.9 Å². The van der Waals surface area contributed by atoms with Crippen molar-refractivity contribution in [2.75, 3.05) is 26.6 Å². The van der Waals surface area contributed by atoms with E-state index in [0.29, 0.717) is 34.8 Å². The average molecular weight is 551 g/mol. The first-order valence-electron chi connectivity index (χ1n) is 12.1. The van der Waals surface area contributed by atoms with Crippen LogP contribution < -0.4 is 19.5 Å². The van der Waals surface area contributed by atoms with Crippen molar-refractivity contribution in [3.05, 3.63) is 69.6 Å². The number of nitrogens with zero attached hydrogens (tertiary/aromatic N) is 3. The van der Waals surface area contributed by atoms with Gasteiger partial charge in [0.1, 0.15) is 34.5 Å². The van der Waals surface area contributed by atoms with Gasteiger partial charge in [-0.25, -0.2) is 9.48 Å². The van der Waals surface area contributed by atoms with Gasteiger partial charge in [-0.1, -0.05) is 30.7 Å². The first-order valence-corrected chi connectivity index (χ1v) is 12.5. The van der Waals surface area contributed by atoms with Gasteiger partial charge >= 0.3 is 5.97 Å². The molecule has 1 aromatic heterocycles. The molecule has 0 saturated carbocycles. The van der Waals surface area contributed by atoms with E-state index in [9.17, 15) is 14.4 Å². The molecule has 0 amide bonds. The summed E-state index contributed by atoms with van der Waals surface area (Å²) in [5, 5.41) is 7.64. The molecule has 6 rings (SSSR count). The number of hydrogen-bond acceptors (Lipinski definition) is 10. The number of allylic oxidation sites excluding steroid dienone is 1. The zero-order valence-corrected chi connectivity index (χ0v) is 22.2. The number of Topliss-reactive ketones (excluding diaryl/α,β-unsaturated/α-hetero) is 2. The minimum absolute atomic E-state index is 0.0475. The van der Waals surface area contributed by atoms with Crippen molar-refractivity contribution in [1.82, 2.24) is 14.8 Å². The normalized spacial score (nSPS) is 23.0. The fourth-order valence-corrected chi connectivity index (χ4v) is 5.88. The molecule has 0 bridgehead atoms. The van der Waals surface area contributed by atoms with Crippen LogP contribution in [0, 0.1) is 5.92 Å². The summed E-state index contributed by atoms with van der Waals surface area (Å²) in [6, 6.07) is 7.40. The topological polar surface area (TPSA) is 131 Å². The minimum Gasteiger partial charge on any atom is -0.496 e. The molecule has 12 heteroatoms. The number of hydrogen-bond donors (Lipinski definition) is 1. The summed E-state index contributed by atoms with van der Waals surface area (Å²) < 4.78 is 23.5. The van der Waals surface area contributed by atoms with Gasteiger partial charge in [0, 0.05) is 23.3 Å². The molecule has 3 aliphatic rings. The van der Waals surface area contributed by atoms with Crippen molar-refractivity contribution in [2.24, 2.45) is 5.92 Å². The van der Waals surface area contributed by atoms with Gasteiger partial charge in [-0.3, -0.25) is 9.59 Å². The van der Waals surface area contributed by atoms with Crippen molar-refractivity contribution < 1.29 is 33.3 Å². The Morgan fingerprint density at radius 3 is 2.51 bits per heavy atom. The maximum absolute atomic E-state index is 14.6. The van der Waals surface area contributed by atoms with Crippen molar-refractivity contribution in [3.8, 4) is 17.2 Å². The van der Waals surface area contributed by atoms with Gasteiger partial charge in [-0.2, -0.15) is 10.1 Å². The van der Waals surface area contributed by atoms with E-state index >= 15 is 0 Å². The zero-order valence-electron chi connectivity index (χ0n) is 21.4. The van der Waals surface area contributed by atoms with Gasteiger partial charge in [-0.05, 0) is 24.1 Å². The van der Waals surface area contributed by atoms with E-state index < -0.39 is 35.1 Å². The number of anilines is 1. The lowest BCUT2D eigenvalue weighted by molar-refractivity contribution is -0.130. The molecule has 3 atom stereocenters. The fourth-order valence-electron chi connectivity index (χ4n) is 5.62. The van der Waals surface area contributed by atoms with Gasteiger partial charge in [0.25, 0.3) is 0 Å². The number of methoxy groups -OCH3 is 3. The van der Waals surface area contributed by atoms with Crippen LogP contribution in [0.25, 0.3) is 0 Å². The summed E-state index contributed by atoms with van der Waals surface area (Å²) in [4.78, 5) is 45.0. The van der Waals surface area contributed by atoms with Crippen LogP contribution in [0.5, 0.6) is 17.2 Å². The lowest BCUT2D eigenvalue weighted by atomic mass is 9.69. The third-order valence-corrected chi connectivity index (χ3v) is 7.89. The monoisotopic (exact) mass is 550 g/mol. The molecule has 3 heterocycles. The SMILES string of the molecule is COC(=O)c1ccc(C2C3=C(CC(C)C4(Oc5c(Cl)c(OC)cc(OC)c5C4=O)C3=O)Nc3ncnn32)cc1. The first kappa shape index (κ1) is 24.9. The molecule has 2 aromatic carbocycles. The third-order valence-electron chi connectivity index (χ3n) is 7.53. The molecular formula is C27H23ClN4O7. The van der Waals surface area contributed by atoms with E-state index in [1.54, 1.807) is 35.9 Å². The fraction of sp³-hybridized carbons (Fsp3) is 0.296. The Bertz CT molecular complexity index is 1600. The summed E-state index contributed by atoms with van der Waals surface area (Å²) in [5.74, 6) is -1.17. The predicted molar refractivity (Wildman–Crippen MR) is 138 cm³/mol. The maximum Gasteiger partial charge on any atom is 0.337 e. The summed E-state index contributed by atoms with van der Waals surface area (Å²) in [6.07, 6.45) is 1.69. The molecule has 1 spiro atoms. The maximum atomic E-state index is 14.6. The van der Waals surface area contributed by atoms with Crippen LogP contribution in [0.15, 0.2) is 47.9 Å². The molecule has 200 valence electrons. The summed E-state index contributed by atoms with van der Waals surface area (Å²) in [6.45, 7) is 1.78. The Balaban J connectivity index is 1.50. The molecule has 0 saturated heterocycles. The number of halogens is 1. The number of nitrogens with one attached hydrogen (secondary N) is 1. The highest BCUT2D eigenvalue weighted by atomic mass is 35.5. The van der Waals surface area contributed by atoms with Gasteiger partial charge in [0.15, 0.2) is 5.75 Å². The number of ether oxygens (including phenoxy) is 4. The molecule has 11 nitrogen and oxygen atoms in total. The average Bonchev–Trinajstić information content (AvgIpc) is 3.54. The van der Waals surface area contributed by atoms with Gasteiger partial charge < -0.3 is 24.3 Å². The van der Waals surface area contributed by atoms with E-state index in [4.69, 9.17) is 30.5 Å². The quantitative estimate of drug-likeness (QED) is 0.379. The molecule has 1 aliphatic carbocycles. The molecule has 3 unspecified atom stereocenters. The van der Waals surface area contributed by atoms with Crippen LogP contribution in [0.3, 0.4) is 0 Å². The molecule has 3 aromatic rings. The standard InChI is InChI=1S/C27H23ClN4O7/c1-12-9-15-18(21(32-26(31-15)29-11-30-32)13-5-7-14(8-6-13)25(35)38-4)23(33)27(12)24(34)19-16(36-2)10-17(37-3)20(28)22(19)39-27/h5-8,10-12,21H,9H2,1-4H3,(H,29,30,31). The number of benzene rings is 2. The van der Waals surface area contributed by atoms with Crippen LogP contribution in [-0.2, 0) is 9.53 Å². The molecule has 39 heavy (non-hydrogen) atoms. The minimum atomic E-state index is -1.88. The third kappa shape index (κ3) is 3.32. The number of ketones is 2. The number of carbonyl (C=O) groups is 3. The van der Waals surface area contributed by atoms with Crippen molar-refractivity contribution in [1.29, 1.82) is 0 Å². The molecule has 1 N–H and O–H groups in total. The number of rotatable bonds is 4. The van der Waals surface area contributed by atoms with Crippen molar-refractivity contribution in [2.45, 2.75) is 25.0 Å². The Hall–Kier alpha value is -4.38. The number of carbonyl (C=O) groups excluding carboxylic acids is 3. The van der Waals surface area contributed by atoms with E-state index in [2.05, 4.69) is 15.4 Å². The Kier molecular flexibility index (Phi) is 5.65. The lowest BCUT2D eigenvalue weighted by Gasteiger charge is -2.41. The smallest absolute Gasteiger partial charge is 0.337 e. The lowest BCUT2D eigenvalue weighted by Crippen LogP contribution is -2.58. The largest absolute Gasteiger partial charge is 0.496 e.